The minimum atomic E-state index is -0.676. The molecule has 206 valence electrons. The van der Waals surface area contributed by atoms with Gasteiger partial charge >= 0.3 is 12.1 Å². The second-order valence-electron chi connectivity index (χ2n) is 11.0. The molecule has 1 fully saturated rings. The van der Waals surface area contributed by atoms with Gasteiger partial charge in [0.25, 0.3) is 0 Å². The maximum Gasteiger partial charge on any atom is 0.407 e. The fraction of sp³-hybridized carbons (Fsp3) is 0.419. The third-order valence-corrected chi connectivity index (χ3v) is 6.78. The maximum atomic E-state index is 13.4. The predicted octanol–water partition coefficient (Wildman–Crippen LogP) is 6.11. The molecule has 1 aromatic heterocycles. The Labute approximate surface area is 229 Å². The Morgan fingerprint density at radius 3 is 2.44 bits per heavy atom. The number of hydrogen-bond donors (Lipinski definition) is 2. The summed E-state index contributed by atoms with van der Waals surface area (Å²) < 4.78 is 10.9. The minimum Gasteiger partial charge on any atom is -0.461 e. The van der Waals surface area contributed by atoms with Crippen LogP contribution in [0, 0.1) is 5.92 Å². The molecule has 1 aliphatic rings. The number of anilines is 1. The van der Waals surface area contributed by atoms with Crippen molar-refractivity contribution in [2.24, 2.45) is 5.92 Å². The van der Waals surface area contributed by atoms with Crippen LogP contribution in [0.1, 0.15) is 69.9 Å². The Bertz CT molecular complexity index is 1290. The lowest BCUT2D eigenvalue weighted by atomic mass is 9.89. The first-order valence-corrected chi connectivity index (χ1v) is 13.5. The first kappa shape index (κ1) is 28.1. The molecule has 3 aromatic rings. The summed E-state index contributed by atoms with van der Waals surface area (Å²) >= 11 is 0. The van der Waals surface area contributed by atoms with E-state index in [-0.39, 0.29) is 30.9 Å². The van der Waals surface area contributed by atoms with Gasteiger partial charge in [-0.1, -0.05) is 49.6 Å². The van der Waals surface area contributed by atoms with Gasteiger partial charge in [0, 0.05) is 30.0 Å². The van der Waals surface area contributed by atoms with Crippen LogP contribution < -0.4 is 10.6 Å². The predicted molar refractivity (Wildman–Crippen MR) is 150 cm³/mol. The zero-order valence-corrected chi connectivity index (χ0v) is 22.9. The summed E-state index contributed by atoms with van der Waals surface area (Å²) in [6.07, 6.45) is 8.00. The van der Waals surface area contributed by atoms with Gasteiger partial charge in [-0.3, -0.25) is 14.6 Å². The number of hydrogen-bond acceptors (Lipinski definition) is 6. The van der Waals surface area contributed by atoms with E-state index in [0.29, 0.717) is 5.69 Å². The minimum absolute atomic E-state index is 0.00334. The SMILES string of the molecule is CC(C)(C)OC(=O)NCC(C(=O)Nc1ccc2cnccc2c1)c1ccc(COC(=O)C2CCCCC2)cc1. The molecule has 0 spiro atoms. The van der Waals surface area contributed by atoms with E-state index < -0.39 is 17.6 Å². The zero-order chi connectivity index (χ0) is 27.8. The lowest BCUT2D eigenvalue weighted by Crippen LogP contribution is -2.37. The van der Waals surface area contributed by atoms with Gasteiger partial charge in [0.15, 0.2) is 0 Å². The number of amides is 2. The van der Waals surface area contributed by atoms with Gasteiger partial charge in [0.2, 0.25) is 5.91 Å². The largest absolute Gasteiger partial charge is 0.461 e. The summed E-state index contributed by atoms with van der Waals surface area (Å²) in [6.45, 7) is 5.59. The van der Waals surface area contributed by atoms with Crippen LogP contribution in [0.15, 0.2) is 60.9 Å². The van der Waals surface area contributed by atoms with Crippen molar-refractivity contribution >= 4 is 34.4 Å². The molecule has 8 heteroatoms. The molecular formula is C31H37N3O5. The second-order valence-corrected chi connectivity index (χ2v) is 11.0. The number of carbonyl (C=O) groups is 3. The standard InChI is InChI=1S/C31H37N3O5/c1-31(2,3)39-30(37)33-19-27(28(35)34-26-14-13-25-18-32-16-15-24(25)17-26)22-11-9-21(10-12-22)20-38-29(36)23-7-5-4-6-8-23/h9-18,23,27H,4-8,19-20H2,1-3H3,(H,33,37)(H,34,35). The van der Waals surface area contributed by atoms with Crippen LogP contribution in [-0.4, -0.2) is 35.1 Å². The van der Waals surface area contributed by atoms with Crippen LogP contribution in [0.25, 0.3) is 10.8 Å². The second kappa shape index (κ2) is 12.7. The number of pyridine rings is 1. The zero-order valence-electron chi connectivity index (χ0n) is 22.9. The van der Waals surface area contributed by atoms with E-state index in [1.807, 2.05) is 48.5 Å². The number of ether oxygens (including phenoxy) is 2. The molecule has 2 aromatic carbocycles. The normalized spacial score (nSPS) is 14.8. The smallest absolute Gasteiger partial charge is 0.407 e. The van der Waals surface area contributed by atoms with Crippen molar-refractivity contribution in [3.63, 3.8) is 0 Å². The highest BCUT2D eigenvalue weighted by atomic mass is 16.6. The Hall–Kier alpha value is -3.94. The van der Waals surface area contributed by atoms with Crippen molar-refractivity contribution in [1.29, 1.82) is 0 Å². The number of nitrogens with zero attached hydrogens (tertiary/aromatic N) is 1. The molecule has 39 heavy (non-hydrogen) atoms. The molecule has 1 saturated carbocycles. The van der Waals surface area contributed by atoms with Crippen LogP contribution in [0.3, 0.4) is 0 Å². The van der Waals surface area contributed by atoms with E-state index in [4.69, 9.17) is 9.47 Å². The number of esters is 1. The van der Waals surface area contributed by atoms with Crippen molar-refractivity contribution in [2.45, 2.75) is 71.0 Å². The molecule has 1 atom stereocenters. The fourth-order valence-corrected chi connectivity index (χ4v) is 4.71. The number of fused-ring (bicyclic) bond motifs is 1. The average molecular weight is 532 g/mol. The van der Waals surface area contributed by atoms with Crippen LogP contribution >= 0.6 is 0 Å². The number of rotatable bonds is 8. The van der Waals surface area contributed by atoms with Gasteiger partial charge in [-0.05, 0) is 68.3 Å². The third kappa shape index (κ3) is 8.27. The van der Waals surface area contributed by atoms with Crippen molar-refractivity contribution < 1.29 is 23.9 Å². The molecule has 1 aliphatic carbocycles. The van der Waals surface area contributed by atoms with E-state index in [0.717, 1.165) is 47.6 Å². The maximum absolute atomic E-state index is 13.4. The van der Waals surface area contributed by atoms with Gasteiger partial charge in [0.05, 0.1) is 11.8 Å². The summed E-state index contributed by atoms with van der Waals surface area (Å²) in [6, 6.07) is 14.8. The third-order valence-electron chi connectivity index (χ3n) is 6.78. The molecule has 2 N–H and O–H groups in total. The quantitative estimate of drug-likeness (QED) is 0.340. The Morgan fingerprint density at radius 2 is 1.72 bits per heavy atom. The monoisotopic (exact) mass is 531 g/mol. The van der Waals surface area contributed by atoms with Gasteiger partial charge in [0.1, 0.15) is 12.2 Å². The fourth-order valence-electron chi connectivity index (χ4n) is 4.71. The molecule has 1 heterocycles. The van der Waals surface area contributed by atoms with E-state index in [9.17, 15) is 14.4 Å². The first-order valence-electron chi connectivity index (χ1n) is 13.5. The average Bonchev–Trinajstić information content (AvgIpc) is 2.92. The van der Waals surface area contributed by atoms with Crippen molar-refractivity contribution in [3.8, 4) is 0 Å². The summed E-state index contributed by atoms with van der Waals surface area (Å²) in [5, 5.41) is 7.63. The van der Waals surface area contributed by atoms with Crippen LogP contribution in [-0.2, 0) is 25.7 Å². The lowest BCUT2D eigenvalue weighted by Gasteiger charge is -2.22. The number of nitrogens with one attached hydrogen (secondary N) is 2. The molecule has 0 bridgehead atoms. The lowest BCUT2D eigenvalue weighted by molar-refractivity contribution is -0.151. The number of benzene rings is 2. The summed E-state index contributed by atoms with van der Waals surface area (Å²) in [4.78, 5) is 42.3. The summed E-state index contributed by atoms with van der Waals surface area (Å²) in [5.41, 5.74) is 1.55. The highest BCUT2D eigenvalue weighted by molar-refractivity contribution is 5.98. The summed E-state index contributed by atoms with van der Waals surface area (Å²) in [7, 11) is 0. The molecule has 8 nitrogen and oxygen atoms in total. The van der Waals surface area contributed by atoms with Crippen molar-refractivity contribution in [2.75, 3.05) is 11.9 Å². The van der Waals surface area contributed by atoms with Crippen LogP contribution in [0.4, 0.5) is 10.5 Å². The first-order chi connectivity index (χ1) is 18.7. The van der Waals surface area contributed by atoms with E-state index in [1.54, 1.807) is 33.2 Å². The Morgan fingerprint density at radius 1 is 0.974 bits per heavy atom. The Kier molecular flexibility index (Phi) is 9.17. The van der Waals surface area contributed by atoms with Crippen molar-refractivity contribution in [3.05, 3.63) is 72.1 Å². The van der Waals surface area contributed by atoms with E-state index in [2.05, 4.69) is 15.6 Å². The van der Waals surface area contributed by atoms with Gasteiger partial charge < -0.3 is 20.1 Å². The van der Waals surface area contributed by atoms with Crippen molar-refractivity contribution in [1.82, 2.24) is 10.3 Å². The van der Waals surface area contributed by atoms with Crippen LogP contribution in [0.5, 0.6) is 0 Å². The van der Waals surface area contributed by atoms with Gasteiger partial charge in [-0.25, -0.2) is 4.79 Å². The molecule has 1 unspecified atom stereocenters. The molecule has 0 aliphatic heterocycles. The number of carbonyl (C=O) groups excluding carboxylic acids is 3. The number of aromatic nitrogens is 1. The molecular weight excluding hydrogens is 494 g/mol. The highest BCUT2D eigenvalue weighted by Gasteiger charge is 2.25. The van der Waals surface area contributed by atoms with E-state index >= 15 is 0 Å². The molecule has 2 amide bonds. The molecule has 4 rings (SSSR count). The Balaban J connectivity index is 1.45. The van der Waals surface area contributed by atoms with E-state index in [1.165, 1.54) is 6.42 Å². The molecule has 0 radical (unpaired) electrons. The van der Waals surface area contributed by atoms with Gasteiger partial charge in [-0.15, -0.1) is 0 Å². The number of alkyl carbamates (subject to hydrolysis) is 1. The topological polar surface area (TPSA) is 107 Å². The van der Waals surface area contributed by atoms with Gasteiger partial charge in [-0.2, -0.15) is 0 Å². The van der Waals surface area contributed by atoms with Crippen LogP contribution in [0.2, 0.25) is 0 Å². The summed E-state index contributed by atoms with van der Waals surface area (Å²) in [5.74, 6) is -1.08. The highest BCUT2D eigenvalue weighted by Crippen LogP contribution is 2.26. The molecule has 0 saturated heterocycles.